The van der Waals surface area contributed by atoms with Crippen LogP contribution in [0.25, 0.3) is 0 Å². The molecule has 106 valence electrons. The zero-order valence-electron chi connectivity index (χ0n) is 11.0. The van der Waals surface area contributed by atoms with Gasteiger partial charge in [0.1, 0.15) is 6.10 Å². The highest BCUT2D eigenvalue weighted by Gasteiger charge is 2.19. The maximum absolute atomic E-state index is 13.3. The predicted octanol–water partition coefficient (Wildman–Crippen LogP) is 4.38. The molecule has 0 amide bonds. The lowest BCUT2D eigenvalue weighted by Crippen LogP contribution is -1.99. The molecule has 0 fully saturated rings. The molecule has 0 aliphatic heterocycles. The molecule has 1 aromatic heterocycles. The molecule has 20 heavy (non-hydrogen) atoms. The van der Waals surface area contributed by atoms with Gasteiger partial charge in [0.15, 0.2) is 11.6 Å². The van der Waals surface area contributed by atoms with Crippen molar-refractivity contribution < 1.29 is 13.9 Å². The Kier molecular flexibility index (Phi) is 3.85. The number of benzene rings is 1. The van der Waals surface area contributed by atoms with Crippen LogP contribution < -0.4 is 0 Å². The summed E-state index contributed by atoms with van der Waals surface area (Å²) in [5.41, 5.74) is 1.71. The molecule has 4 heteroatoms. The summed E-state index contributed by atoms with van der Waals surface area (Å²) in [6.07, 6.45) is 4.86. The highest BCUT2D eigenvalue weighted by Crippen LogP contribution is 2.35. The fourth-order valence-electron chi connectivity index (χ4n) is 2.67. The quantitative estimate of drug-likeness (QED) is 0.815. The summed E-state index contributed by atoms with van der Waals surface area (Å²) >= 11 is 1.60. The van der Waals surface area contributed by atoms with Gasteiger partial charge in [0.25, 0.3) is 0 Å². The summed E-state index contributed by atoms with van der Waals surface area (Å²) in [7, 11) is 0. The van der Waals surface area contributed by atoms with Crippen molar-refractivity contribution >= 4 is 11.3 Å². The van der Waals surface area contributed by atoms with Crippen molar-refractivity contribution in [3.8, 4) is 0 Å². The molecule has 2 aromatic rings. The van der Waals surface area contributed by atoms with Crippen molar-refractivity contribution in [1.29, 1.82) is 0 Å². The van der Waals surface area contributed by atoms with Gasteiger partial charge in [0.2, 0.25) is 0 Å². The molecule has 0 saturated carbocycles. The second kappa shape index (κ2) is 5.62. The number of thiophene rings is 1. The number of aliphatic hydroxyl groups is 1. The Hall–Kier alpha value is -1.26. The number of aryl methyl sites for hydroxylation is 2. The van der Waals surface area contributed by atoms with Crippen molar-refractivity contribution in [1.82, 2.24) is 0 Å². The Balaban J connectivity index is 1.90. The highest BCUT2D eigenvalue weighted by atomic mass is 32.1. The van der Waals surface area contributed by atoms with Crippen molar-refractivity contribution in [2.75, 3.05) is 0 Å². The second-order valence-electron chi connectivity index (χ2n) is 5.23. The SMILES string of the molecule is OC(c1ccc(F)c(F)c1)c1cc2c(s1)CCCCC2. The third-order valence-electron chi connectivity index (χ3n) is 3.79. The van der Waals surface area contributed by atoms with Crippen LogP contribution in [0.1, 0.15) is 46.2 Å². The van der Waals surface area contributed by atoms with Crippen molar-refractivity contribution in [2.45, 2.75) is 38.2 Å². The summed E-state index contributed by atoms with van der Waals surface area (Å²) in [5, 5.41) is 10.3. The van der Waals surface area contributed by atoms with Crippen LogP contribution in [0.15, 0.2) is 24.3 Å². The van der Waals surface area contributed by atoms with Crippen molar-refractivity contribution in [3.05, 3.63) is 56.8 Å². The topological polar surface area (TPSA) is 20.2 Å². The van der Waals surface area contributed by atoms with E-state index in [-0.39, 0.29) is 0 Å². The van der Waals surface area contributed by atoms with Crippen molar-refractivity contribution in [2.24, 2.45) is 0 Å². The average molecular weight is 294 g/mol. The van der Waals surface area contributed by atoms with E-state index >= 15 is 0 Å². The normalized spacial score (nSPS) is 16.6. The summed E-state index contributed by atoms with van der Waals surface area (Å²) in [4.78, 5) is 2.15. The lowest BCUT2D eigenvalue weighted by atomic mass is 10.1. The molecule has 0 spiro atoms. The van der Waals surface area contributed by atoms with Crippen LogP contribution in [-0.2, 0) is 12.8 Å². The molecule has 1 aliphatic carbocycles. The van der Waals surface area contributed by atoms with Crippen LogP contribution in [-0.4, -0.2) is 5.11 Å². The summed E-state index contributed by atoms with van der Waals surface area (Å²) in [5.74, 6) is -1.80. The Morgan fingerprint density at radius 2 is 1.80 bits per heavy atom. The number of rotatable bonds is 2. The van der Waals surface area contributed by atoms with Crippen LogP contribution in [0.3, 0.4) is 0 Å². The molecule has 1 heterocycles. The lowest BCUT2D eigenvalue weighted by Gasteiger charge is -2.09. The van der Waals surface area contributed by atoms with Gasteiger partial charge in [-0.05, 0) is 55.0 Å². The van der Waals surface area contributed by atoms with E-state index in [1.807, 2.05) is 6.07 Å². The molecule has 1 unspecified atom stereocenters. The monoisotopic (exact) mass is 294 g/mol. The zero-order chi connectivity index (χ0) is 14.1. The van der Waals surface area contributed by atoms with Gasteiger partial charge in [-0.25, -0.2) is 8.78 Å². The Labute approximate surface area is 120 Å². The molecule has 1 aliphatic rings. The van der Waals surface area contributed by atoms with Crippen LogP contribution in [0.2, 0.25) is 0 Å². The fourth-order valence-corrected chi connectivity index (χ4v) is 3.94. The van der Waals surface area contributed by atoms with E-state index < -0.39 is 17.7 Å². The molecular weight excluding hydrogens is 278 g/mol. The van der Waals surface area contributed by atoms with Crippen LogP contribution >= 0.6 is 11.3 Å². The summed E-state index contributed by atoms with van der Waals surface area (Å²) in [6, 6.07) is 5.60. The molecule has 1 nitrogen and oxygen atoms in total. The first kappa shape index (κ1) is 13.7. The number of hydrogen-bond donors (Lipinski definition) is 1. The van der Waals surface area contributed by atoms with Gasteiger partial charge in [-0.3, -0.25) is 0 Å². The summed E-state index contributed by atoms with van der Waals surface area (Å²) < 4.78 is 26.2. The van der Waals surface area contributed by atoms with E-state index in [4.69, 9.17) is 0 Å². The second-order valence-corrected chi connectivity index (χ2v) is 6.40. The van der Waals surface area contributed by atoms with E-state index in [9.17, 15) is 13.9 Å². The number of halogens is 2. The minimum absolute atomic E-state index is 0.403. The maximum atomic E-state index is 13.3. The zero-order valence-corrected chi connectivity index (χ0v) is 11.9. The Morgan fingerprint density at radius 3 is 2.60 bits per heavy atom. The molecule has 1 aromatic carbocycles. The lowest BCUT2D eigenvalue weighted by molar-refractivity contribution is 0.223. The van der Waals surface area contributed by atoms with Gasteiger partial charge in [-0.1, -0.05) is 12.5 Å². The number of hydrogen-bond acceptors (Lipinski definition) is 2. The highest BCUT2D eigenvalue weighted by molar-refractivity contribution is 7.12. The van der Waals surface area contributed by atoms with Gasteiger partial charge in [0, 0.05) is 9.75 Å². The first-order valence-corrected chi connectivity index (χ1v) is 7.71. The maximum Gasteiger partial charge on any atom is 0.159 e. The molecule has 0 saturated heterocycles. The van der Waals surface area contributed by atoms with Gasteiger partial charge in [-0.15, -0.1) is 11.3 Å². The minimum Gasteiger partial charge on any atom is -0.383 e. The summed E-state index contributed by atoms with van der Waals surface area (Å²) in [6.45, 7) is 0. The largest absolute Gasteiger partial charge is 0.383 e. The third kappa shape index (κ3) is 2.63. The molecular formula is C16H16F2OS. The van der Waals surface area contributed by atoms with Crippen molar-refractivity contribution in [3.63, 3.8) is 0 Å². The molecule has 1 atom stereocenters. The first-order valence-electron chi connectivity index (χ1n) is 6.89. The number of aliphatic hydroxyl groups excluding tert-OH is 1. The van der Waals surface area contributed by atoms with Gasteiger partial charge >= 0.3 is 0 Å². The number of fused-ring (bicyclic) bond motifs is 1. The molecule has 0 radical (unpaired) electrons. The van der Waals surface area contributed by atoms with Gasteiger partial charge in [-0.2, -0.15) is 0 Å². The molecule has 0 bridgehead atoms. The van der Waals surface area contributed by atoms with E-state index in [2.05, 4.69) is 0 Å². The average Bonchev–Trinajstić information content (AvgIpc) is 2.72. The first-order chi connectivity index (χ1) is 9.65. The van der Waals surface area contributed by atoms with E-state index in [1.54, 1.807) is 11.3 Å². The van der Waals surface area contributed by atoms with E-state index in [0.29, 0.717) is 5.56 Å². The molecule has 3 rings (SSSR count). The molecule has 1 N–H and O–H groups in total. The minimum atomic E-state index is -0.917. The van der Waals surface area contributed by atoms with E-state index in [1.165, 1.54) is 35.8 Å². The Bertz CT molecular complexity index is 597. The van der Waals surface area contributed by atoms with Crippen LogP contribution in [0, 0.1) is 11.6 Å². The predicted molar refractivity (Wildman–Crippen MR) is 76.0 cm³/mol. The Morgan fingerprint density at radius 1 is 1.00 bits per heavy atom. The van der Waals surface area contributed by atoms with Crippen LogP contribution in [0.4, 0.5) is 8.78 Å². The van der Waals surface area contributed by atoms with E-state index in [0.717, 1.165) is 29.9 Å². The van der Waals surface area contributed by atoms with Gasteiger partial charge in [0.05, 0.1) is 0 Å². The van der Waals surface area contributed by atoms with Gasteiger partial charge < -0.3 is 5.11 Å². The third-order valence-corrected chi connectivity index (χ3v) is 5.08. The fraction of sp³-hybridized carbons (Fsp3) is 0.375. The smallest absolute Gasteiger partial charge is 0.159 e. The standard InChI is InChI=1S/C16H16F2OS/c17-12-7-6-11(8-13(12)18)16(19)15-9-10-4-2-1-3-5-14(10)20-15/h6-9,16,19H,1-5H2. The van der Waals surface area contributed by atoms with Crippen LogP contribution in [0.5, 0.6) is 0 Å².